The fraction of sp³-hybridized carbons (Fsp3) is 0.143. The molecule has 0 aliphatic heterocycles. The Morgan fingerprint density at radius 2 is 1.90 bits per heavy atom. The maximum Gasteiger partial charge on any atom is 0.313 e. The fourth-order valence-corrected chi connectivity index (χ4v) is 1.60. The molecule has 0 radical (unpaired) electrons. The number of aryl methyl sites for hydroxylation is 2. The van der Waals surface area contributed by atoms with E-state index in [0.29, 0.717) is 5.69 Å². The highest BCUT2D eigenvalue weighted by atomic mass is 16.6. The average Bonchev–Trinajstić information content (AvgIpc) is 2.41. The zero-order chi connectivity index (χ0) is 14.5. The van der Waals surface area contributed by atoms with Crippen LogP contribution in [-0.4, -0.2) is 16.1 Å². The van der Waals surface area contributed by atoms with Crippen LogP contribution in [0, 0.1) is 24.0 Å². The standard InChI is InChI=1S/C14H14N4O2/c1-10-3-6-12(7-4-10)9-15-17-14-13(18(19)20)8-5-11(2)16-14/h3-9H,1-2H3,(H,16,17)/b15-9-. The van der Waals surface area contributed by atoms with Crippen LogP contribution in [0.3, 0.4) is 0 Å². The minimum Gasteiger partial charge on any atom is -0.258 e. The first kappa shape index (κ1) is 13.7. The van der Waals surface area contributed by atoms with Gasteiger partial charge >= 0.3 is 5.69 Å². The summed E-state index contributed by atoms with van der Waals surface area (Å²) in [6, 6.07) is 10.8. The highest BCUT2D eigenvalue weighted by Gasteiger charge is 2.14. The maximum absolute atomic E-state index is 10.9. The quantitative estimate of drug-likeness (QED) is 0.526. The number of anilines is 1. The van der Waals surface area contributed by atoms with Gasteiger partial charge in [0.2, 0.25) is 5.82 Å². The van der Waals surface area contributed by atoms with Gasteiger partial charge < -0.3 is 0 Å². The number of hydrogen-bond acceptors (Lipinski definition) is 5. The Morgan fingerprint density at radius 1 is 1.20 bits per heavy atom. The third-order valence-electron chi connectivity index (χ3n) is 2.67. The van der Waals surface area contributed by atoms with Crippen LogP contribution < -0.4 is 5.43 Å². The van der Waals surface area contributed by atoms with Gasteiger partial charge in [-0.05, 0) is 25.5 Å². The predicted octanol–water partition coefficient (Wildman–Crippen LogP) is 3.05. The van der Waals surface area contributed by atoms with E-state index >= 15 is 0 Å². The van der Waals surface area contributed by atoms with E-state index in [1.165, 1.54) is 6.07 Å². The van der Waals surface area contributed by atoms with Crippen molar-refractivity contribution >= 4 is 17.7 Å². The third kappa shape index (κ3) is 3.38. The summed E-state index contributed by atoms with van der Waals surface area (Å²) in [5, 5.41) is 14.9. The maximum atomic E-state index is 10.9. The van der Waals surface area contributed by atoms with Gasteiger partial charge in [-0.15, -0.1) is 0 Å². The molecule has 2 aromatic rings. The highest BCUT2D eigenvalue weighted by Crippen LogP contribution is 2.21. The van der Waals surface area contributed by atoms with Gasteiger partial charge in [0.05, 0.1) is 11.1 Å². The fourth-order valence-electron chi connectivity index (χ4n) is 1.60. The molecule has 1 heterocycles. The summed E-state index contributed by atoms with van der Waals surface area (Å²) >= 11 is 0. The average molecular weight is 270 g/mol. The summed E-state index contributed by atoms with van der Waals surface area (Å²) in [5.74, 6) is 0.137. The van der Waals surface area contributed by atoms with Gasteiger partial charge in [-0.1, -0.05) is 29.8 Å². The molecule has 0 aliphatic carbocycles. The number of nitro groups is 1. The van der Waals surface area contributed by atoms with Crippen molar-refractivity contribution in [1.82, 2.24) is 4.98 Å². The van der Waals surface area contributed by atoms with Crippen LogP contribution >= 0.6 is 0 Å². The SMILES string of the molecule is Cc1ccc(/C=N\Nc2nc(C)ccc2[N+](=O)[O-])cc1. The van der Waals surface area contributed by atoms with Gasteiger partial charge in [0, 0.05) is 11.8 Å². The molecule has 0 bridgehead atoms. The van der Waals surface area contributed by atoms with Crippen LogP contribution in [0.15, 0.2) is 41.5 Å². The van der Waals surface area contributed by atoms with Gasteiger partial charge in [-0.25, -0.2) is 4.98 Å². The van der Waals surface area contributed by atoms with Gasteiger partial charge in [0.25, 0.3) is 0 Å². The van der Waals surface area contributed by atoms with Gasteiger partial charge in [0.15, 0.2) is 0 Å². The smallest absolute Gasteiger partial charge is 0.258 e. The molecule has 0 amide bonds. The Labute approximate surface area is 116 Å². The lowest BCUT2D eigenvalue weighted by Crippen LogP contribution is -2.00. The summed E-state index contributed by atoms with van der Waals surface area (Å²) < 4.78 is 0. The normalized spacial score (nSPS) is 10.7. The second kappa shape index (κ2) is 5.92. The van der Waals surface area contributed by atoms with Gasteiger partial charge in [-0.3, -0.25) is 15.5 Å². The summed E-state index contributed by atoms with van der Waals surface area (Å²) in [6.45, 7) is 3.76. The predicted molar refractivity (Wildman–Crippen MR) is 78.0 cm³/mol. The van der Waals surface area contributed by atoms with Crippen molar-refractivity contribution in [2.75, 3.05) is 5.43 Å². The second-order valence-electron chi connectivity index (χ2n) is 4.36. The zero-order valence-corrected chi connectivity index (χ0v) is 11.2. The molecule has 1 aromatic carbocycles. The van der Waals surface area contributed by atoms with Crippen LogP contribution in [-0.2, 0) is 0 Å². The number of hydrogen-bond donors (Lipinski definition) is 1. The van der Waals surface area contributed by atoms with Crippen molar-refractivity contribution in [2.45, 2.75) is 13.8 Å². The molecule has 0 unspecified atom stereocenters. The van der Waals surface area contributed by atoms with E-state index in [0.717, 1.165) is 11.1 Å². The monoisotopic (exact) mass is 270 g/mol. The molecule has 1 aromatic heterocycles. The largest absolute Gasteiger partial charge is 0.313 e. The minimum absolute atomic E-state index is 0.100. The number of pyridine rings is 1. The van der Waals surface area contributed by atoms with Crippen molar-refractivity contribution in [3.8, 4) is 0 Å². The van der Waals surface area contributed by atoms with E-state index in [9.17, 15) is 10.1 Å². The van der Waals surface area contributed by atoms with E-state index in [1.54, 1.807) is 19.2 Å². The molecule has 102 valence electrons. The van der Waals surface area contributed by atoms with E-state index < -0.39 is 4.92 Å². The van der Waals surface area contributed by atoms with Crippen LogP contribution in [0.5, 0.6) is 0 Å². The molecule has 0 aliphatic rings. The van der Waals surface area contributed by atoms with E-state index in [1.807, 2.05) is 31.2 Å². The van der Waals surface area contributed by atoms with Crippen LogP contribution in [0.2, 0.25) is 0 Å². The van der Waals surface area contributed by atoms with Crippen LogP contribution in [0.4, 0.5) is 11.5 Å². The van der Waals surface area contributed by atoms with Crippen molar-refractivity contribution in [3.05, 3.63) is 63.3 Å². The lowest BCUT2D eigenvalue weighted by atomic mass is 10.2. The van der Waals surface area contributed by atoms with Crippen molar-refractivity contribution in [3.63, 3.8) is 0 Å². The Hall–Kier alpha value is -2.76. The van der Waals surface area contributed by atoms with Crippen molar-refractivity contribution in [1.29, 1.82) is 0 Å². The number of benzene rings is 1. The van der Waals surface area contributed by atoms with Crippen LogP contribution in [0.1, 0.15) is 16.8 Å². The minimum atomic E-state index is -0.490. The first-order chi connectivity index (χ1) is 9.56. The summed E-state index contributed by atoms with van der Waals surface area (Å²) in [4.78, 5) is 14.5. The van der Waals surface area contributed by atoms with Gasteiger partial charge in [0.1, 0.15) is 0 Å². The number of aromatic nitrogens is 1. The summed E-state index contributed by atoms with van der Waals surface area (Å²) in [7, 11) is 0. The lowest BCUT2D eigenvalue weighted by molar-refractivity contribution is -0.384. The Kier molecular flexibility index (Phi) is 4.05. The topological polar surface area (TPSA) is 80.4 Å². The summed E-state index contributed by atoms with van der Waals surface area (Å²) in [5.41, 5.74) is 5.26. The molecule has 0 spiro atoms. The molecule has 6 heteroatoms. The molecule has 0 atom stereocenters. The lowest BCUT2D eigenvalue weighted by Gasteiger charge is -2.02. The van der Waals surface area contributed by atoms with E-state index in [4.69, 9.17) is 0 Å². The van der Waals surface area contributed by atoms with Crippen molar-refractivity contribution < 1.29 is 4.92 Å². The van der Waals surface area contributed by atoms with E-state index in [-0.39, 0.29) is 11.5 Å². The Balaban J connectivity index is 2.16. The Morgan fingerprint density at radius 3 is 2.55 bits per heavy atom. The second-order valence-corrected chi connectivity index (χ2v) is 4.36. The molecular formula is C14H14N4O2. The number of hydrazone groups is 1. The first-order valence-corrected chi connectivity index (χ1v) is 6.04. The molecule has 0 saturated carbocycles. The van der Waals surface area contributed by atoms with Gasteiger partial charge in [-0.2, -0.15) is 5.10 Å². The molecule has 1 N–H and O–H groups in total. The summed E-state index contributed by atoms with van der Waals surface area (Å²) in [6.07, 6.45) is 1.59. The first-order valence-electron chi connectivity index (χ1n) is 6.04. The number of rotatable bonds is 4. The van der Waals surface area contributed by atoms with E-state index in [2.05, 4.69) is 15.5 Å². The molecule has 2 rings (SSSR count). The molecule has 6 nitrogen and oxygen atoms in total. The third-order valence-corrected chi connectivity index (χ3v) is 2.67. The Bertz CT molecular complexity index is 651. The molecule has 0 fully saturated rings. The molecule has 20 heavy (non-hydrogen) atoms. The molecular weight excluding hydrogens is 256 g/mol. The molecule has 0 saturated heterocycles. The van der Waals surface area contributed by atoms with Crippen molar-refractivity contribution in [2.24, 2.45) is 5.10 Å². The highest BCUT2D eigenvalue weighted by molar-refractivity contribution is 5.80. The number of nitrogens with one attached hydrogen (secondary N) is 1. The number of nitrogens with zero attached hydrogens (tertiary/aromatic N) is 3. The zero-order valence-electron chi connectivity index (χ0n) is 11.2. The van der Waals surface area contributed by atoms with Crippen LogP contribution in [0.25, 0.3) is 0 Å².